The lowest BCUT2D eigenvalue weighted by Gasteiger charge is -2.22. The van der Waals surface area contributed by atoms with E-state index in [0.717, 1.165) is 11.1 Å². The zero-order valence-corrected chi connectivity index (χ0v) is 19.0. The van der Waals surface area contributed by atoms with Crippen LogP contribution in [0.25, 0.3) is 11.4 Å². The molecule has 30 heavy (non-hydrogen) atoms. The minimum Gasteiger partial charge on any atom is -0.351 e. The van der Waals surface area contributed by atoms with Crippen molar-refractivity contribution in [1.82, 2.24) is 25.5 Å². The van der Waals surface area contributed by atoms with Crippen LogP contribution in [0.15, 0.2) is 42.5 Å². The molecule has 8 heteroatoms. The standard InChI is InChI=1S/C22H25Cl2N5O/c1-14(2)15-5-7-16(8-6-15)20-26-28-29(27-20)13-22(3,4)21(30)25-12-17-9-10-18(23)11-19(17)24/h5-11,14H,12-13H2,1-4H3,(H,25,30). The molecule has 158 valence electrons. The molecule has 1 aromatic heterocycles. The predicted octanol–water partition coefficient (Wildman–Crippen LogP) is 5.11. The van der Waals surface area contributed by atoms with Crippen molar-refractivity contribution in [2.24, 2.45) is 5.41 Å². The zero-order chi connectivity index (χ0) is 21.9. The Hall–Kier alpha value is -2.44. The number of carbonyl (C=O) groups is 1. The van der Waals surface area contributed by atoms with Crippen LogP contribution in [-0.4, -0.2) is 26.1 Å². The Kier molecular flexibility index (Phi) is 6.78. The third-order valence-corrected chi connectivity index (χ3v) is 5.48. The minimum atomic E-state index is -0.738. The summed E-state index contributed by atoms with van der Waals surface area (Å²) in [4.78, 5) is 14.2. The van der Waals surface area contributed by atoms with Gasteiger partial charge >= 0.3 is 0 Å². The highest BCUT2D eigenvalue weighted by atomic mass is 35.5. The first kappa shape index (κ1) is 22.2. The molecule has 0 atom stereocenters. The summed E-state index contributed by atoms with van der Waals surface area (Å²) in [6.45, 7) is 8.59. The number of nitrogens with one attached hydrogen (secondary N) is 1. The van der Waals surface area contributed by atoms with Gasteiger partial charge in [-0.25, -0.2) is 0 Å². The Labute approximate surface area is 186 Å². The number of hydrogen-bond acceptors (Lipinski definition) is 4. The van der Waals surface area contributed by atoms with Crippen molar-refractivity contribution in [3.63, 3.8) is 0 Å². The number of nitrogens with zero attached hydrogens (tertiary/aromatic N) is 4. The van der Waals surface area contributed by atoms with Gasteiger partial charge in [-0.15, -0.1) is 10.2 Å². The van der Waals surface area contributed by atoms with Gasteiger partial charge in [0.25, 0.3) is 0 Å². The second kappa shape index (κ2) is 9.14. The molecule has 0 saturated carbocycles. The van der Waals surface area contributed by atoms with Crippen LogP contribution in [-0.2, 0) is 17.9 Å². The molecular weight excluding hydrogens is 421 g/mol. The summed E-state index contributed by atoms with van der Waals surface area (Å²) in [7, 11) is 0. The van der Waals surface area contributed by atoms with Crippen LogP contribution < -0.4 is 5.32 Å². The van der Waals surface area contributed by atoms with Gasteiger partial charge in [0, 0.05) is 22.2 Å². The zero-order valence-electron chi connectivity index (χ0n) is 17.5. The van der Waals surface area contributed by atoms with Crippen molar-refractivity contribution in [3.8, 4) is 11.4 Å². The highest BCUT2D eigenvalue weighted by Crippen LogP contribution is 2.23. The number of halogens is 2. The SMILES string of the molecule is CC(C)c1ccc(-c2nnn(CC(C)(C)C(=O)NCc3ccc(Cl)cc3Cl)n2)cc1. The largest absolute Gasteiger partial charge is 0.351 e. The fraction of sp³-hybridized carbons (Fsp3) is 0.364. The summed E-state index contributed by atoms with van der Waals surface area (Å²) in [6.07, 6.45) is 0. The molecule has 0 fully saturated rings. The number of tetrazole rings is 1. The number of carbonyl (C=O) groups excluding carboxylic acids is 1. The summed E-state index contributed by atoms with van der Waals surface area (Å²) in [5, 5.41) is 16.7. The maximum absolute atomic E-state index is 12.7. The van der Waals surface area contributed by atoms with Crippen molar-refractivity contribution in [2.75, 3.05) is 0 Å². The molecule has 1 amide bonds. The Bertz CT molecular complexity index is 1030. The second-order valence-electron chi connectivity index (χ2n) is 8.22. The molecule has 1 heterocycles. The number of amides is 1. The molecule has 0 aliphatic heterocycles. The van der Waals surface area contributed by atoms with Crippen LogP contribution in [0.4, 0.5) is 0 Å². The van der Waals surface area contributed by atoms with Gasteiger partial charge in [0.1, 0.15) is 0 Å². The van der Waals surface area contributed by atoms with Crippen LogP contribution in [0.1, 0.15) is 44.7 Å². The van der Waals surface area contributed by atoms with Crippen molar-refractivity contribution < 1.29 is 4.79 Å². The fourth-order valence-corrected chi connectivity index (χ4v) is 3.42. The molecular formula is C22H25Cl2N5O. The van der Waals surface area contributed by atoms with E-state index in [0.29, 0.717) is 34.9 Å². The molecule has 0 aliphatic rings. The number of benzene rings is 2. The topological polar surface area (TPSA) is 72.7 Å². The molecule has 3 rings (SSSR count). The van der Waals surface area contributed by atoms with E-state index in [2.05, 4.69) is 46.7 Å². The van der Waals surface area contributed by atoms with E-state index in [1.807, 2.05) is 26.0 Å². The lowest BCUT2D eigenvalue weighted by Crippen LogP contribution is -2.39. The first-order valence-corrected chi connectivity index (χ1v) is 10.5. The molecule has 0 radical (unpaired) electrons. The fourth-order valence-electron chi connectivity index (χ4n) is 2.95. The Balaban J connectivity index is 1.64. The normalized spacial score (nSPS) is 11.7. The summed E-state index contributed by atoms with van der Waals surface area (Å²) < 4.78 is 0. The van der Waals surface area contributed by atoms with Gasteiger partial charge in [-0.05, 0) is 48.2 Å². The van der Waals surface area contributed by atoms with Gasteiger partial charge in [0.05, 0.1) is 12.0 Å². The van der Waals surface area contributed by atoms with Crippen LogP contribution in [0.2, 0.25) is 10.0 Å². The molecule has 2 aromatic carbocycles. The summed E-state index contributed by atoms with van der Waals surface area (Å²) in [6, 6.07) is 13.3. The van der Waals surface area contributed by atoms with Gasteiger partial charge in [-0.1, -0.05) is 67.4 Å². The molecule has 6 nitrogen and oxygen atoms in total. The Morgan fingerprint density at radius 1 is 1.13 bits per heavy atom. The van der Waals surface area contributed by atoms with Gasteiger partial charge < -0.3 is 5.32 Å². The van der Waals surface area contributed by atoms with Crippen LogP contribution >= 0.6 is 23.2 Å². The maximum Gasteiger partial charge on any atom is 0.227 e. The molecule has 3 aromatic rings. The number of hydrogen-bond donors (Lipinski definition) is 1. The predicted molar refractivity (Wildman–Crippen MR) is 119 cm³/mol. The lowest BCUT2D eigenvalue weighted by molar-refractivity contribution is -0.130. The second-order valence-corrected chi connectivity index (χ2v) is 9.07. The van der Waals surface area contributed by atoms with E-state index in [1.165, 1.54) is 10.4 Å². The molecule has 0 aliphatic carbocycles. The summed E-state index contributed by atoms with van der Waals surface area (Å²) >= 11 is 12.1. The van der Waals surface area contributed by atoms with Crippen molar-refractivity contribution >= 4 is 29.1 Å². The Morgan fingerprint density at radius 3 is 2.47 bits per heavy atom. The first-order valence-electron chi connectivity index (χ1n) is 9.76. The highest BCUT2D eigenvalue weighted by molar-refractivity contribution is 6.35. The molecule has 0 unspecified atom stereocenters. The van der Waals surface area contributed by atoms with Crippen LogP contribution in [0.3, 0.4) is 0 Å². The monoisotopic (exact) mass is 445 g/mol. The third kappa shape index (κ3) is 5.37. The van der Waals surface area contributed by atoms with Crippen molar-refractivity contribution in [3.05, 3.63) is 63.6 Å². The maximum atomic E-state index is 12.7. The lowest BCUT2D eigenvalue weighted by atomic mass is 9.92. The molecule has 0 saturated heterocycles. The highest BCUT2D eigenvalue weighted by Gasteiger charge is 2.29. The average Bonchev–Trinajstić information content (AvgIpc) is 3.15. The minimum absolute atomic E-state index is 0.131. The number of aromatic nitrogens is 4. The van der Waals surface area contributed by atoms with E-state index >= 15 is 0 Å². The molecule has 0 bridgehead atoms. The van der Waals surface area contributed by atoms with Gasteiger partial charge in [-0.3, -0.25) is 4.79 Å². The van der Waals surface area contributed by atoms with Gasteiger partial charge in [0.2, 0.25) is 11.7 Å². The quantitative estimate of drug-likeness (QED) is 0.547. The first-order chi connectivity index (χ1) is 14.2. The van der Waals surface area contributed by atoms with E-state index in [9.17, 15) is 4.79 Å². The van der Waals surface area contributed by atoms with Crippen molar-refractivity contribution in [1.29, 1.82) is 0 Å². The van der Waals surface area contributed by atoms with E-state index in [1.54, 1.807) is 18.2 Å². The van der Waals surface area contributed by atoms with Crippen LogP contribution in [0.5, 0.6) is 0 Å². The third-order valence-electron chi connectivity index (χ3n) is 4.89. The number of rotatable bonds is 7. The molecule has 0 spiro atoms. The summed E-state index contributed by atoms with van der Waals surface area (Å²) in [5.74, 6) is 0.868. The van der Waals surface area contributed by atoms with E-state index in [-0.39, 0.29) is 5.91 Å². The van der Waals surface area contributed by atoms with E-state index in [4.69, 9.17) is 23.2 Å². The van der Waals surface area contributed by atoms with Gasteiger partial charge in [-0.2, -0.15) is 4.80 Å². The van der Waals surface area contributed by atoms with Crippen molar-refractivity contribution in [2.45, 2.75) is 46.7 Å². The smallest absolute Gasteiger partial charge is 0.227 e. The average molecular weight is 446 g/mol. The van der Waals surface area contributed by atoms with Gasteiger partial charge in [0.15, 0.2) is 0 Å². The van der Waals surface area contributed by atoms with Crippen LogP contribution in [0, 0.1) is 5.41 Å². The Morgan fingerprint density at radius 2 is 1.83 bits per heavy atom. The molecule has 1 N–H and O–H groups in total. The van der Waals surface area contributed by atoms with E-state index < -0.39 is 5.41 Å². The summed E-state index contributed by atoms with van der Waals surface area (Å²) in [5.41, 5.74) is 2.21.